The first-order valence-electron chi connectivity index (χ1n) is 11.5. The Morgan fingerprint density at radius 3 is 2.31 bits per heavy atom. The topological polar surface area (TPSA) is 49.4 Å². The molecule has 35 heavy (non-hydrogen) atoms. The molecular weight excluding hydrogens is 547 g/mol. The average Bonchev–Trinajstić information content (AvgIpc) is 2.82. The van der Waals surface area contributed by atoms with E-state index in [1.54, 1.807) is 23.1 Å². The Morgan fingerprint density at radius 2 is 1.66 bits per heavy atom. The fourth-order valence-corrected chi connectivity index (χ4v) is 4.66. The molecule has 1 atom stereocenters. The summed E-state index contributed by atoms with van der Waals surface area (Å²) in [6, 6.07) is 21.9. The Balaban J connectivity index is 1.97. The van der Waals surface area contributed by atoms with Crippen molar-refractivity contribution in [3.05, 3.63) is 104 Å². The summed E-state index contributed by atoms with van der Waals surface area (Å²) in [5.41, 5.74) is 2.57. The Kier molecular flexibility index (Phi) is 10.2. The molecule has 0 aromatic heterocycles. The van der Waals surface area contributed by atoms with Crippen LogP contribution in [0.3, 0.4) is 0 Å². The number of benzene rings is 3. The van der Waals surface area contributed by atoms with Gasteiger partial charge in [-0.2, -0.15) is 0 Å². The molecule has 0 radical (unpaired) electrons. The molecule has 0 unspecified atom stereocenters. The predicted molar refractivity (Wildman–Crippen MR) is 147 cm³/mol. The maximum absolute atomic E-state index is 13.8. The van der Waals surface area contributed by atoms with Crippen molar-refractivity contribution in [1.29, 1.82) is 0 Å². The number of nitrogens with zero attached hydrogens (tertiary/aromatic N) is 1. The highest BCUT2D eigenvalue weighted by molar-refractivity contribution is 9.10. The van der Waals surface area contributed by atoms with Crippen molar-refractivity contribution in [2.45, 2.75) is 39.3 Å². The summed E-state index contributed by atoms with van der Waals surface area (Å²) in [4.78, 5) is 28.9. The number of hydrogen-bond donors (Lipinski definition) is 1. The number of nitrogens with one attached hydrogen (secondary N) is 1. The van der Waals surface area contributed by atoms with Crippen LogP contribution in [0.15, 0.2) is 77.3 Å². The standard InChI is InChI=1S/C28H29BrCl2N2O2/c1-19(2)17-32-28(35)26(14-20-7-4-3-5-8-20)33(18-21-9-6-10-23(29)13-21)27(34)15-22-11-12-24(30)16-25(22)31/h3-13,16,19,26H,14-15,17-18H2,1-2H3,(H,32,35)/t26-/m1/s1. The highest BCUT2D eigenvalue weighted by atomic mass is 79.9. The van der Waals surface area contributed by atoms with Gasteiger partial charge in [-0.15, -0.1) is 0 Å². The lowest BCUT2D eigenvalue weighted by atomic mass is 10.0. The Hall–Kier alpha value is -2.34. The molecule has 3 aromatic carbocycles. The molecule has 0 fully saturated rings. The van der Waals surface area contributed by atoms with Gasteiger partial charge in [-0.25, -0.2) is 0 Å². The van der Waals surface area contributed by atoms with E-state index in [4.69, 9.17) is 23.2 Å². The summed E-state index contributed by atoms with van der Waals surface area (Å²) in [7, 11) is 0. The third kappa shape index (κ3) is 8.38. The zero-order chi connectivity index (χ0) is 25.4. The van der Waals surface area contributed by atoms with Crippen LogP contribution in [0.25, 0.3) is 0 Å². The Morgan fingerprint density at radius 1 is 0.943 bits per heavy atom. The van der Waals surface area contributed by atoms with E-state index < -0.39 is 6.04 Å². The number of carbonyl (C=O) groups is 2. The summed E-state index contributed by atoms with van der Waals surface area (Å²) in [5.74, 6) is -0.0682. The lowest BCUT2D eigenvalue weighted by Crippen LogP contribution is -2.51. The molecule has 0 bridgehead atoms. The first-order valence-corrected chi connectivity index (χ1v) is 13.1. The van der Waals surface area contributed by atoms with Gasteiger partial charge in [0.15, 0.2) is 0 Å². The van der Waals surface area contributed by atoms with Crippen LogP contribution in [-0.4, -0.2) is 29.3 Å². The van der Waals surface area contributed by atoms with Gasteiger partial charge in [-0.1, -0.05) is 102 Å². The second-order valence-corrected chi connectivity index (χ2v) is 10.7. The smallest absolute Gasteiger partial charge is 0.243 e. The maximum atomic E-state index is 13.8. The quantitative estimate of drug-likeness (QED) is 0.292. The zero-order valence-electron chi connectivity index (χ0n) is 19.8. The van der Waals surface area contributed by atoms with Crippen molar-refractivity contribution in [1.82, 2.24) is 10.2 Å². The van der Waals surface area contributed by atoms with Crippen molar-refractivity contribution >= 4 is 50.9 Å². The SMILES string of the molecule is CC(C)CNC(=O)[C@@H](Cc1ccccc1)N(Cc1cccc(Br)c1)C(=O)Cc1ccc(Cl)cc1Cl. The molecule has 4 nitrogen and oxygen atoms in total. The monoisotopic (exact) mass is 574 g/mol. The Labute approximate surface area is 225 Å². The van der Waals surface area contributed by atoms with E-state index in [0.717, 1.165) is 15.6 Å². The van der Waals surface area contributed by atoms with Crippen molar-refractivity contribution in [2.24, 2.45) is 5.92 Å². The van der Waals surface area contributed by atoms with Crippen molar-refractivity contribution in [3.8, 4) is 0 Å². The van der Waals surface area contributed by atoms with E-state index in [2.05, 4.69) is 21.2 Å². The largest absolute Gasteiger partial charge is 0.354 e. The molecule has 7 heteroatoms. The third-order valence-electron chi connectivity index (χ3n) is 5.55. The highest BCUT2D eigenvalue weighted by Gasteiger charge is 2.30. The molecule has 184 valence electrons. The highest BCUT2D eigenvalue weighted by Crippen LogP contribution is 2.24. The van der Waals surface area contributed by atoms with E-state index in [1.807, 2.05) is 68.4 Å². The van der Waals surface area contributed by atoms with Crippen LogP contribution in [0.4, 0.5) is 0 Å². The van der Waals surface area contributed by atoms with E-state index in [0.29, 0.717) is 34.5 Å². The predicted octanol–water partition coefficient (Wildman–Crippen LogP) is 6.71. The van der Waals surface area contributed by atoms with Crippen LogP contribution in [0.5, 0.6) is 0 Å². The lowest BCUT2D eigenvalue weighted by Gasteiger charge is -2.32. The molecule has 0 aliphatic carbocycles. The van der Waals surface area contributed by atoms with Crippen LogP contribution in [-0.2, 0) is 29.0 Å². The molecule has 0 saturated carbocycles. The second kappa shape index (κ2) is 13.1. The van der Waals surface area contributed by atoms with Gasteiger partial charge in [-0.05, 0) is 46.9 Å². The molecule has 0 heterocycles. The van der Waals surface area contributed by atoms with E-state index >= 15 is 0 Å². The van der Waals surface area contributed by atoms with E-state index in [1.165, 1.54) is 0 Å². The van der Waals surface area contributed by atoms with Crippen molar-refractivity contribution < 1.29 is 9.59 Å². The summed E-state index contributed by atoms with van der Waals surface area (Å²) in [6.45, 7) is 4.90. The van der Waals surface area contributed by atoms with Gasteiger partial charge in [0.25, 0.3) is 0 Å². The van der Waals surface area contributed by atoms with Gasteiger partial charge in [0.2, 0.25) is 11.8 Å². The number of amides is 2. The fraction of sp³-hybridized carbons (Fsp3) is 0.286. The van der Waals surface area contributed by atoms with Gasteiger partial charge in [0.1, 0.15) is 6.04 Å². The molecular formula is C28H29BrCl2N2O2. The van der Waals surface area contributed by atoms with Crippen molar-refractivity contribution in [3.63, 3.8) is 0 Å². The summed E-state index contributed by atoms with van der Waals surface area (Å²) in [5, 5.41) is 3.97. The number of hydrogen-bond acceptors (Lipinski definition) is 2. The molecule has 3 rings (SSSR count). The maximum Gasteiger partial charge on any atom is 0.243 e. The molecule has 2 amide bonds. The van der Waals surface area contributed by atoms with Gasteiger partial charge in [-0.3, -0.25) is 9.59 Å². The molecule has 1 N–H and O–H groups in total. The molecule has 0 aliphatic heterocycles. The molecule has 0 saturated heterocycles. The normalized spacial score (nSPS) is 11.8. The van der Waals surface area contributed by atoms with Crippen LogP contribution in [0, 0.1) is 5.92 Å². The van der Waals surface area contributed by atoms with Gasteiger partial charge >= 0.3 is 0 Å². The van der Waals surface area contributed by atoms with Crippen LogP contribution >= 0.6 is 39.1 Å². The van der Waals surface area contributed by atoms with E-state index in [-0.39, 0.29) is 24.8 Å². The summed E-state index contributed by atoms with van der Waals surface area (Å²) in [6.07, 6.45) is 0.464. The van der Waals surface area contributed by atoms with Gasteiger partial charge < -0.3 is 10.2 Å². The number of rotatable bonds is 10. The van der Waals surface area contributed by atoms with Crippen LogP contribution < -0.4 is 5.32 Å². The second-order valence-electron chi connectivity index (χ2n) is 8.91. The molecule has 3 aromatic rings. The third-order valence-corrected chi connectivity index (χ3v) is 6.63. The molecule has 0 spiro atoms. The number of carbonyl (C=O) groups excluding carboxylic acids is 2. The first-order chi connectivity index (χ1) is 16.7. The minimum atomic E-state index is -0.686. The van der Waals surface area contributed by atoms with Crippen molar-refractivity contribution in [2.75, 3.05) is 6.54 Å². The summed E-state index contributed by atoms with van der Waals surface area (Å²) < 4.78 is 0.909. The summed E-state index contributed by atoms with van der Waals surface area (Å²) >= 11 is 15.9. The first kappa shape index (κ1) is 27.3. The van der Waals surface area contributed by atoms with E-state index in [9.17, 15) is 9.59 Å². The minimum Gasteiger partial charge on any atom is -0.354 e. The van der Waals surface area contributed by atoms with Crippen LogP contribution in [0.2, 0.25) is 10.0 Å². The minimum absolute atomic E-state index is 0.0623. The Bertz CT molecular complexity index is 1150. The van der Waals surface area contributed by atoms with Gasteiger partial charge in [0, 0.05) is 34.0 Å². The number of halogens is 3. The lowest BCUT2D eigenvalue weighted by molar-refractivity contribution is -0.140. The average molecular weight is 576 g/mol. The zero-order valence-corrected chi connectivity index (χ0v) is 22.9. The fourth-order valence-electron chi connectivity index (χ4n) is 3.74. The van der Waals surface area contributed by atoms with Crippen LogP contribution in [0.1, 0.15) is 30.5 Å². The van der Waals surface area contributed by atoms with Gasteiger partial charge in [0.05, 0.1) is 6.42 Å². The molecule has 0 aliphatic rings.